The Hall–Kier alpha value is -2.54. The van der Waals surface area contributed by atoms with E-state index in [9.17, 15) is 13.0 Å². The highest BCUT2D eigenvalue weighted by Crippen LogP contribution is 2.28. The number of benzene rings is 2. The number of hydrogen-bond acceptors (Lipinski definition) is 4. The van der Waals surface area contributed by atoms with Crippen molar-refractivity contribution in [2.75, 3.05) is 6.26 Å². The molecule has 0 saturated heterocycles. The lowest BCUT2D eigenvalue weighted by atomic mass is 10.1. The first-order valence-electron chi connectivity index (χ1n) is 7.05. The molecule has 1 unspecified atom stereocenters. The highest BCUT2D eigenvalue weighted by Gasteiger charge is 2.14. The topological polar surface area (TPSA) is 55.5 Å². The molecule has 0 radical (unpaired) electrons. The lowest BCUT2D eigenvalue weighted by Gasteiger charge is -2.07. The van der Waals surface area contributed by atoms with E-state index in [0.717, 1.165) is 0 Å². The van der Waals surface area contributed by atoms with E-state index in [2.05, 4.69) is 9.35 Å². The SMILES string of the molecule is Cc1nc(-c2ccc(N=S(C)(=O)c3ccccc3F)c(F)c2)co1. The van der Waals surface area contributed by atoms with Gasteiger partial charge >= 0.3 is 0 Å². The molecule has 1 heterocycles. The van der Waals surface area contributed by atoms with Gasteiger partial charge in [-0.15, -0.1) is 0 Å². The molecular formula is C17H14F2N2O2S. The normalized spacial score (nSPS) is 13.5. The van der Waals surface area contributed by atoms with E-state index in [0.29, 0.717) is 17.1 Å². The van der Waals surface area contributed by atoms with Crippen LogP contribution in [0.4, 0.5) is 14.5 Å². The Labute approximate surface area is 138 Å². The third kappa shape index (κ3) is 3.21. The van der Waals surface area contributed by atoms with Gasteiger partial charge in [0.05, 0.1) is 14.6 Å². The van der Waals surface area contributed by atoms with Gasteiger partial charge < -0.3 is 4.42 Å². The number of hydrogen-bond donors (Lipinski definition) is 0. The maximum Gasteiger partial charge on any atom is 0.191 e. The van der Waals surface area contributed by atoms with Gasteiger partial charge in [0.15, 0.2) is 5.89 Å². The van der Waals surface area contributed by atoms with Crippen molar-refractivity contribution in [3.8, 4) is 11.3 Å². The van der Waals surface area contributed by atoms with Gasteiger partial charge in [-0.3, -0.25) is 0 Å². The van der Waals surface area contributed by atoms with Gasteiger partial charge in [0.2, 0.25) is 0 Å². The highest BCUT2D eigenvalue weighted by molar-refractivity contribution is 7.93. The van der Waals surface area contributed by atoms with Crippen molar-refractivity contribution >= 4 is 15.4 Å². The monoisotopic (exact) mass is 348 g/mol. The van der Waals surface area contributed by atoms with Gasteiger partial charge in [0.25, 0.3) is 0 Å². The van der Waals surface area contributed by atoms with Crippen molar-refractivity contribution in [2.45, 2.75) is 11.8 Å². The number of nitrogens with zero attached hydrogens (tertiary/aromatic N) is 2. The van der Waals surface area contributed by atoms with Gasteiger partial charge in [-0.1, -0.05) is 18.2 Å². The summed E-state index contributed by atoms with van der Waals surface area (Å²) in [5.41, 5.74) is 0.899. The van der Waals surface area contributed by atoms with Gasteiger partial charge in [0.1, 0.15) is 29.3 Å². The van der Waals surface area contributed by atoms with E-state index in [1.54, 1.807) is 19.1 Å². The fourth-order valence-electron chi connectivity index (χ4n) is 2.23. The molecule has 0 aliphatic heterocycles. The van der Waals surface area contributed by atoms with Gasteiger partial charge in [-0.2, -0.15) is 4.36 Å². The molecule has 0 saturated carbocycles. The van der Waals surface area contributed by atoms with Crippen LogP contribution in [0.2, 0.25) is 0 Å². The predicted octanol–water partition coefficient (Wildman–Crippen LogP) is 4.72. The minimum atomic E-state index is -3.11. The molecular weight excluding hydrogens is 334 g/mol. The Bertz CT molecular complexity index is 1020. The number of aromatic nitrogens is 1. The van der Waals surface area contributed by atoms with Crippen molar-refractivity contribution in [3.63, 3.8) is 0 Å². The maximum atomic E-state index is 14.3. The molecule has 0 bridgehead atoms. The second-order valence-corrected chi connectivity index (χ2v) is 7.47. The first-order valence-corrected chi connectivity index (χ1v) is 8.98. The van der Waals surface area contributed by atoms with E-state index in [4.69, 9.17) is 4.42 Å². The van der Waals surface area contributed by atoms with E-state index in [1.807, 2.05) is 0 Å². The van der Waals surface area contributed by atoms with Gasteiger partial charge in [-0.05, 0) is 24.3 Å². The molecule has 2 aromatic carbocycles. The van der Waals surface area contributed by atoms with Crippen LogP contribution in [-0.2, 0) is 9.73 Å². The Kier molecular flexibility index (Phi) is 4.19. The molecule has 3 rings (SSSR count). The number of rotatable bonds is 3. The van der Waals surface area contributed by atoms with Crippen LogP contribution in [0, 0.1) is 18.6 Å². The molecule has 0 aliphatic rings. The molecule has 3 aromatic rings. The molecule has 24 heavy (non-hydrogen) atoms. The summed E-state index contributed by atoms with van der Waals surface area (Å²) in [5.74, 6) is -0.835. The van der Waals surface area contributed by atoms with Crippen LogP contribution in [0.3, 0.4) is 0 Å². The molecule has 0 N–H and O–H groups in total. The van der Waals surface area contributed by atoms with E-state index in [-0.39, 0.29) is 10.6 Å². The molecule has 0 fully saturated rings. The zero-order valence-corrected chi connectivity index (χ0v) is 13.8. The van der Waals surface area contributed by atoms with E-state index >= 15 is 0 Å². The van der Waals surface area contributed by atoms with Crippen LogP contribution in [0.25, 0.3) is 11.3 Å². The van der Waals surface area contributed by atoms with E-state index in [1.165, 1.54) is 42.9 Å². The van der Waals surface area contributed by atoms with Crippen molar-refractivity contribution in [1.29, 1.82) is 0 Å². The van der Waals surface area contributed by atoms with Crippen LogP contribution >= 0.6 is 0 Å². The molecule has 124 valence electrons. The van der Waals surface area contributed by atoms with Crippen LogP contribution < -0.4 is 0 Å². The third-order valence-corrected chi connectivity index (χ3v) is 5.07. The molecule has 1 atom stereocenters. The average molecular weight is 348 g/mol. The quantitative estimate of drug-likeness (QED) is 0.688. The Balaban J connectivity index is 2.04. The second-order valence-electron chi connectivity index (χ2n) is 5.24. The largest absolute Gasteiger partial charge is 0.449 e. The fourth-order valence-corrected chi connectivity index (χ4v) is 3.61. The first kappa shape index (κ1) is 16.3. The fraction of sp³-hybridized carbons (Fsp3) is 0.118. The first-order chi connectivity index (χ1) is 11.4. The number of aryl methyl sites for hydroxylation is 1. The lowest BCUT2D eigenvalue weighted by Crippen LogP contribution is -2.00. The summed E-state index contributed by atoms with van der Waals surface area (Å²) in [6, 6.07) is 9.83. The lowest BCUT2D eigenvalue weighted by molar-refractivity contribution is 0.521. The minimum absolute atomic E-state index is 0.0550. The average Bonchev–Trinajstić information content (AvgIpc) is 2.96. The van der Waals surface area contributed by atoms with E-state index < -0.39 is 21.4 Å². The predicted molar refractivity (Wildman–Crippen MR) is 87.5 cm³/mol. The summed E-state index contributed by atoms with van der Waals surface area (Å²) in [7, 11) is -3.11. The zero-order valence-electron chi connectivity index (χ0n) is 13.0. The smallest absolute Gasteiger partial charge is 0.191 e. The third-order valence-electron chi connectivity index (χ3n) is 3.38. The van der Waals surface area contributed by atoms with Crippen molar-refractivity contribution < 1.29 is 17.4 Å². The maximum absolute atomic E-state index is 14.3. The number of oxazole rings is 1. The second kappa shape index (κ2) is 6.16. The van der Waals surface area contributed by atoms with Gasteiger partial charge in [-0.25, -0.2) is 18.0 Å². The standard InChI is InChI=1S/C17H14F2N2O2S/c1-11-20-16(10-23-11)12-7-8-15(14(19)9-12)21-24(2,22)17-6-4-3-5-13(17)18/h3-10H,1-2H3. The summed E-state index contributed by atoms with van der Waals surface area (Å²) in [4.78, 5) is 4.06. The van der Waals surface area contributed by atoms with Crippen LogP contribution in [0.15, 0.2) is 62.4 Å². The summed E-state index contributed by atoms with van der Waals surface area (Å²) in [6.07, 6.45) is 2.70. The van der Waals surface area contributed by atoms with Crippen molar-refractivity contribution in [2.24, 2.45) is 4.36 Å². The van der Waals surface area contributed by atoms with Crippen LogP contribution in [0.1, 0.15) is 5.89 Å². The molecule has 1 aromatic heterocycles. The highest BCUT2D eigenvalue weighted by atomic mass is 32.2. The van der Waals surface area contributed by atoms with Crippen LogP contribution in [-0.4, -0.2) is 15.4 Å². The Morgan fingerprint density at radius 3 is 2.50 bits per heavy atom. The molecule has 0 amide bonds. The Morgan fingerprint density at radius 2 is 1.88 bits per heavy atom. The molecule has 7 heteroatoms. The minimum Gasteiger partial charge on any atom is -0.449 e. The van der Waals surface area contributed by atoms with Crippen molar-refractivity contribution in [1.82, 2.24) is 4.98 Å². The summed E-state index contributed by atoms with van der Waals surface area (Å²) >= 11 is 0. The summed E-state index contributed by atoms with van der Waals surface area (Å²) in [6.45, 7) is 1.68. The zero-order chi connectivity index (χ0) is 17.3. The molecule has 4 nitrogen and oxygen atoms in total. The van der Waals surface area contributed by atoms with Gasteiger partial charge in [0, 0.05) is 18.7 Å². The number of halogens is 2. The summed E-state index contributed by atoms with van der Waals surface area (Å²) < 4.78 is 49.9. The van der Waals surface area contributed by atoms with Crippen molar-refractivity contribution in [3.05, 3.63) is 66.3 Å². The molecule has 0 spiro atoms. The molecule has 0 aliphatic carbocycles. The summed E-state index contributed by atoms with van der Waals surface area (Å²) in [5, 5.41) is 0. The Morgan fingerprint density at radius 1 is 1.12 bits per heavy atom. The van der Waals surface area contributed by atoms with Crippen LogP contribution in [0.5, 0.6) is 0 Å².